The van der Waals surface area contributed by atoms with Crippen LogP contribution in [0.4, 0.5) is 8.78 Å². The van der Waals surface area contributed by atoms with E-state index in [4.69, 9.17) is 2.74 Å². The zero-order valence-corrected chi connectivity index (χ0v) is 13.3. The Kier molecular flexibility index (Phi) is 4.81. The summed E-state index contributed by atoms with van der Waals surface area (Å²) in [5.74, 6) is 0.268. The molecule has 0 aliphatic carbocycles. The molecule has 7 atom stereocenters. The van der Waals surface area contributed by atoms with Crippen LogP contribution in [0.1, 0.15) is 48.1 Å². The third-order valence-corrected chi connectivity index (χ3v) is 5.30. The minimum atomic E-state index is -2.50. The van der Waals surface area contributed by atoms with Gasteiger partial charge in [-0.3, -0.25) is 0 Å². The molecule has 0 amide bonds. The van der Waals surface area contributed by atoms with Gasteiger partial charge in [-0.05, 0) is 50.6 Å². The Bertz CT molecular complexity index is 418. The Hall–Kier alpha value is -0.300. The molecule has 0 spiro atoms. The molecule has 3 rings (SSSR count). The highest BCUT2D eigenvalue weighted by atomic mass is 19.3. The van der Waals surface area contributed by atoms with Gasteiger partial charge in [0.1, 0.15) is 0 Å². The first-order valence-corrected chi connectivity index (χ1v) is 8.58. The van der Waals surface area contributed by atoms with Crippen LogP contribution in [0.3, 0.4) is 0 Å². The lowest BCUT2D eigenvalue weighted by Gasteiger charge is -2.39. The highest BCUT2D eigenvalue weighted by molar-refractivity contribution is 4.97. The Morgan fingerprint density at radius 2 is 2.09 bits per heavy atom. The molecule has 128 valence electrons. The topological polar surface area (TPSA) is 39.3 Å². The maximum atomic E-state index is 13.5. The number of nitrogens with one attached hydrogen (secondary N) is 3. The lowest BCUT2D eigenvalue weighted by molar-refractivity contribution is -0.0834. The molecule has 0 saturated carbocycles. The highest BCUT2D eigenvalue weighted by Crippen LogP contribution is 2.31. The fourth-order valence-electron chi connectivity index (χ4n) is 4.17. The number of piperidine rings is 1. The first kappa shape index (κ1) is 14.1. The second kappa shape index (κ2) is 7.51. The van der Waals surface area contributed by atoms with Crippen LogP contribution < -0.4 is 16.1 Å². The number of alkyl halides is 2. The van der Waals surface area contributed by atoms with Crippen molar-refractivity contribution in [3.05, 3.63) is 0 Å². The molecule has 7 unspecified atom stereocenters. The molecule has 6 heteroatoms. The molecule has 0 aromatic heterocycles. The predicted octanol–water partition coefficient (Wildman–Crippen LogP) is 1.93. The van der Waals surface area contributed by atoms with Gasteiger partial charge in [0.05, 0.1) is 0 Å². The Morgan fingerprint density at radius 1 is 1.23 bits per heavy atom. The molecule has 3 N–H and O–H groups in total. The summed E-state index contributed by atoms with van der Waals surface area (Å²) in [5.41, 5.74) is 2.88. The van der Waals surface area contributed by atoms with Gasteiger partial charge in [-0.2, -0.15) is 13.8 Å². The van der Waals surface area contributed by atoms with Crippen LogP contribution in [0.2, 0.25) is 0 Å². The zero-order valence-electron chi connectivity index (χ0n) is 15.3. The van der Waals surface area contributed by atoms with E-state index < -0.39 is 12.9 Å². The van der Waals surface area contributed by atoms with Gasteiger partial charge >= 0.3 is 6.55 Å². The van der Waals surface area contributed by atoms with Gasteiger partial charge in [0.15, 0.2) is 0 Å². The van der Waals surface area contributed by atoms with E-state index in [0.717, 1.165) is 30.8 Å². The van der Waals surface area contributed by atoms with Crippen LogP contribution in [-0.4, -0.2) is 49.3 Å². The lowest BCUT2D eigenvalue weighted by atomic mass is 9.81. The average molecular weight is 318 g/mol. The molecule has 2 bridgehead atoms. The quantitative estimate of drug-likeness (QED) is 0.646. The molecule has 22 heavy (non-hydrogen) atoms. The van der Waals surface area contributed by atoms with E-state index in [1.54, 1.807) is 0 Å². The Labute approximate surface area is 135 Å². The molecule has 0 aromatic carbocycles. The summed E-state index contributed by atoms with van der Waals surface area (Å²) in [5, 5.41) is 8.05. The van der Waals surface area contributed by atoms with Crippen molar-refractivity contribution in [1.82, 2.24) is 21.1 Å². The average Bonchev–Trinajstić information content (AvgIpc) is 3.00. The number of halogens is 2. The summed E-state index contributed by atoms with van der Waals surface area (Å²) in [6.07, 6.45) is 2.53. The van der Waals surface area contributed by atoms with Crippen LogP contribution in [0.15, 0.2) is 0 Å². The van der Waals surface area contributed by atoms with Gasteiger partial charge in [0.2, 0.25) is 0 Å². The summed E-state index contributed by atoms with van der Waals surface area (Å²) in [4.78, 5) is 0. The van der Waals surface area contributed by atoms with Crippen LogP contribution in [0.5, 0.6) is 0 Å². The first-order valence-electron chi connectivity index (χ1n) is 9.74. The van der Waals surface area contributed by atoms with Crippen LogP contribution >= 0.6 is 0 Å². The van der Waals surface area contributed by atoms with Gasteiger partial charge in [-0.25, -0.2) is 5.43 Å². The van der Waals surface area contributed by atoms with Crippen molar-refractivity contribution in [3.63, 3.8) is 0 Å². The van der Waals surface area contributed by atoms with E-state index in [1.165, 1.54) is 0 Å². The van der Waals surface area contributed by atoms with Crippen molar-refractivity contribution in [2.24, 2.45) is 11.8 Å². The van der Waals surface area contributed by atoms with Crippen molar-refractivity contribution in [2.45, 2.75) is 70.1 Å². The molecule has 0 aromatic rings. The molecule has 4 nitrogen and oxygen atoms in total. The number of hydrazine groups is 1. The van der Waals surface area contributed by atoms with Gasteiger partial charge in [0, 0.05) is 27.4 Å². The van der Waals surface area contributed by atoms with E-state index >= 15 is 0 Å². The van der Waals surface area contributed by atoms with Crippen LogP contribution in [-0.2, 0) is 0 Å². The molecule has 0 radical (unpaired) electrons. The maximum absolute atomic E-state index is 13.5. The number of hydrogen-bond acceptors (Lipinski definition) is 4. The van der Waals surface area contributed by atoms with E-state index in [1.807, 2.05) is 6.92 Å². The molecule has 3 aliphatic heterocycles. The lowest BCUT2D eigenvalue weighted by Crippen LogP contribution is -2.54. The molecule has 3 aliphatic rings. The third-order valence-electron chi connectivity index (χ3n) is 5.30. The molecule has 3 heterocycles. The standard InChI is InChI=1S/C16H30F2N4/c1-11-4-2-3-5-13-8-12(6-7-19-13)15-14(20-9-11)10-21-22(15)16(17)18/h11-16,19-21H,2-10H2,1H3/i2D,4D. The third kappa shape index (κ3) is 3.78. The van der Waals surface area contributed by atoms with Crippen LogP contribution in [0, 0.1) is 11.8 Å². The van der Waals surface area contributed by atoms with Gasteiger partial charge < -0.3 is 10.6 Å². The van der Waals surface area contributed by atoms with Crippen molar-refractivity contribution in [1.29, 1.82) is 0 Å². The second-order valence-electron chi connectivity index (χ2n) is 6.97. The van der Waals surface area contributed by atoms with E-state index in [2.05, 4.69) is 16.1 Å². The van der Waals surface area contributed by atoms with Crippen molar-refractivity contribution in [2.75, 3.05) is 19.6 Å². The number of hydrogen-bond donors (Lipinski definition) is 3. The highest BCUT2D eigenvalue weighted by Gasteiger charge is 2.44. The predicted molar refractivity (Wildman–Crippen MR) is 83.6 cm³/mol. The summed E-state index contributed by atoms with van der Waals surface area (Å²) in [6, 6.07) is 0.0394. The summed E-state index contributed by atoms with van der Waals surface area (Å²) < 4.78 is 43.4. The monoisotopic (exact) mass is 318 g/mol. The number of nitrogens with zero attached hydrogens (tertiary/aromatic N) is 1. The number of rotatable bonds is 1. The van der Waals surface area contributed by atoms with Crippen molar-refractivity contribution < 1.29 is 11.5 Å². The Balaban J connectivity index is 1.79. The molecule has 3 fully saturated rings. The molecular formula is C16H30F2N4. The van der Waals surface area contributed by atoms with E-state index in [0.29, 0.717) is 19.5 Å². The first-order chi connectivity index (χ1) is 11.5. The fourth-order valence-corrected chi connectivity index (χ4v) is 4.17. The van der Waals surface area contributed by atoms with E-state index in [-0.39, 0.29) is 36.4 Å². The SMILES string of the molecule is [2H]C1CCC2CC(CCN2)C2C(CNN2C(F)F)NCC(C)C1[2H]. The normalized spacial score (nSPS) is 49.7. The molecular weight excluding hydrogens is 286 g/mol. The van der Waals surface area contributed by atoms with Crippen molar-refractivity contribution in [3.8, 4) is 0 Å². The fraction of sp³-hybridized carbons (Fsp3) is 1.00. The van der Waals surface area contributed by atoms with E-state index in [9.17, 15) is 8.78 Å². The number of fused-ring (bicyclic) bond motifs is 4. The van der Waals surface area contributed by atoms with Crippen LogP contribution in [0.25, 0.3) is 0 Å². The molecule has 3 saturated heterocycles. The summed E-state index contributed by atoms with van der Waals surface area (Å²) in [6.45, 7) is 1.45. The van der Waals surface area contributed by atoms with Gasteiger partial charge in [-0.15, -0.1) is 0 Å². The minimum absolute atomic E-state index is 0.0268. The smallest absolute Gasteiger partial charge is 0.307 e. The Morgan fingerprint density at radius 3 is 2.91 bits per heavy atom. The zero-order chi connectivity index (χ0) is 17.3. The second-order valence-corrected chi connectivity index (χ2v) is 6.97. The summed E-state index contributed by atoms with van der Waals surface area (Å²) >= 11 is 0. The maximum Gasteiger partial charge on any atom is 0.307 e. The van der Waals surface area contributed by atoms with Gasteiger partial charge in [-0.1, -0.05) is 19.7 Å². The minimum Gasteiger partial charge on any atom is -0.314 e. The largest absolute Gasteiger partial charge is 0.314 e. The summed E-state index contributed by atoms with van der Waals surface area (Å²) in [7, 11) is 0. The van der Waals surface area contributed by atoms with Crippen molar-refractivity contribution >= 4 is 0 Å². The van der Waals surface area contributed by atoms with Gasteiger partial charge in [0.25, 0.3) is 0 Å².